The summed E-state index contributed by atoms with van der Waals surface area (Å²) in [5.74, 6) is 2.41. The third kappa shape index (κ3) is 6.34. The molecule has 1 aliphatic rings. The van der Waals surface area contributed by atoms with Crippen molar-refractivity contribution >= 4 is 16.6 Å². The molecule has 0 atom stereocenters. The third-order valence-corrected chi connectivity index (χ3v) is 5.01. The van der Waals surface area contributed by atoms with Gasteiger partial charge in [0.1, 0.15) is 5.60 Å². The molecule has 2 rings (SSSR count). The number of terminal acetylenes is 1. The van der Waals surface area contributed by atoms with Crippen molar-refractivity contribution < 1.29 is 26.0 Å². The van der Waals surface area contributed by atoms with Crippen LogP contribution >= 0.6 is 0 Å². The van der Waals surface area contributed by atoms with Crippen molar-refractivity contribution in [3.05, 3.63) is 28.3 Å². The average Bonchev–Trinajstić information content (AvgIpc) is 2.59. The molecule has 0 aromatic heterocycles. The van der Waals surface area contributed by atoms with E-state index >= 15 is 0 Å². The Morgan fingerprint density at radius 1 is 1.21 bits per heavy atom. The fraction of sp³-hybridized carbons (Fsp3) is 0.550. The number of hydrogen-bond acceptors (Lipinski definition) is 6. The zero-order chi connectivity index (χ0) is 22.0. The number of hydrogen-bond donors (Lipinski definition) is 0. The monoisotopic (exact) mass is 426 g/mol. The molecule has 7 nitrogen and oxygen atoms in total. The first-order valence-corrected chi connectivity index (χ1v) is 10.6. The van der Waals surface area contributed by atoms with Gasteiger partial charge < -0.3 is 13.8 Å². The summed E-state index contributed by atoms with van der Waals surface area (Å²) >= 11 is 0. The number of benzene rings is 1. The second-order valence-electron chi connectivity index (χ2n) is 8.03. The van der Waals surface area contributed by atoms with Crippen LogP contribution in [0.3, 0.4) is 0 Å². The number of piperazine rings is 1. The highest BCUT2D eigenvalue weighted by Crippen LogP contribution is 2.31. The lowest BCUT2D eigenvalue weighted by Crippen LogP contribution is -2.49. The van der Waals surface area contributed by atoms with Crippen molar-refractivity contribution in [2.45, 2.75) is 46.8 Å². The fourth-order valence-electron chi connectivity index (χ4n) is 3.13. The van der Waals surface area contributed by atoms with Crippen LogP contribution in [0.5, 0.6) is 5.75 Å². The van der Waals surface area contributed by atoms with Gasteiger partial charge in [-0.3, -0.25) is 4.90 Å². The molecule has 1 aromatic carbocycles. The van der Waals surface area contributed by atoms with E-state index in [2.05, 4.69) is 15.0 Å². The van der Waals surface area contributed by atoms with Crippen LogP contribution in [-0.2, 0) is 21.8 Å². The van der Waals surface area contributed by atoms with Gasteiger partial charge in [0.05, 0.1) is 0 Å². The molecule has 0 bridgehead atoms. The zero-order valence-electron chi connectivity index (χ0n) is 17.4. The number of amides is 1. The molecule has 0 N–H and O–H groups in total. The Labute approximate surface area is 172 Å². The van der Waals surface area contributed by atoms with Gasteiger partial charge in [0, 0.05) is 43.9 Å². The largest absolute Gasteiger partial charge is 0.488 e. The fourth-order valence-corrected chi connectivity index (χ4v) is 3.58. The van der Waals surface area contributed by atoms with Crippen molar-refractivity contribution in [1.29, 1.82) is 0 Å². The maximum Gasteiger partial charge on any atom is 0.488 e. The number of carbonyl (C=O) groups excluding carboxylic acids is 1. The van der Waals surface area contributed by atoms with Crippen molar-refractivity contribution in [3.63, 3.8) is 0 Å². The number of carbonyl (C=O) groups is 1. The van der Waals surface area contributed by atoms with Crippen LogP contribution in [-0.4, -0.2) is 56.1 Å². The maximum absolute atomic E-state index is 13.1. The van der Waals surface area contributed by atoms with E-state index in [4.69, 9.17) is 11.2 Å². The number of ether oxygens (including phenoxy) is 1. The summed E-state index contributed by atoms with van der Waals surface area (Å²) in [5.41, 5.74) is 1.54. The Hall–Kier alpha value is -2.31. The van der Waals surface area contributed by atoms with Gasteiger partial charge in [0.25, 0.3) is 0 Å². The Morgan fingerprint density at radius 3 is 2.28 bits per heavy atom. The molecule has 0 saturated carbocycles. The maximum atomic E-state index is 13.1. The van der Waals surface area contributed by atoms with Gasteiger partial charge in [0.2, 0.25) is 0 Å². The lowest BCUT2D eigenvalue weighted by Gasteiger charge is -2.36. The molecule has 160 valence electrons. The topological polar surface area (TPSA) is 76.2 Å². The molecule has 0 spiro atoms. The molecule has 1 heterocycles. The highest BCUT2D eigenvalue weighted by Gasteiger charge is 2.27. The highest BCUT2D eigenvalue weighted by atomic mass is 32.3. The summed E-state index contributed by atoms with van der Waals surface area (Å²) in [5, 5.41) is 0. The summed E-state index contributed by atoms with van der Waals surface area (Å²) in [6, 6.07) is 1.78. The first-order chi connectivity index (χ1) is 13.3. The summed E-state index contributed by atoms with van der Waals surface area (Å²) in [6.07, 6.45) is 5.17. The van der Waals surface area contributed by atoms with Crippen LogP contribution in [0.15, 0.2) is 6.07 Å². The van der Waals surface area contributed by atoms with Crippen LogP contribution in [0.4, 0.5) is 8.68 Å². The van der Waals surface area contributed by atoms with E-state index in [0.29, 0.717) is 49.4 Å². The van der Waals surface area contributed by atoms with E-state index in [1.54, 1.807) is 24.8 Å². The molecule has 1 aliphatic heterocycles. The van der Waals surface area contributed by atoms with E-state index in [0.717, 1.165) is 5.56 Å². The van der Waals surface area contributed by atoms with Crippen molar-refractivity contribution in [1.82, 2.24) is 9.80 Å². The molecule has 0 radical (unpaired) electrons. The van der Waals surface area contributed by atoms with Crippen LogP contribution in [0.2, 0.25) is 0 Å². The first kappa shape index (κ1) is 23.0. The molecular weight excluding hydrogens is 399 g/mol. The SMILES string of the molecule is C#Cc1cc(CN2CCN(C(=O)OC(C)(C)C)CC2)c(C)c(OS(=O)(=O)F)c1C. The average molecular weight is 427 g/mol. The molecule has 0 aliphatic carbocycles. The normalized spacial score (nSPS) is 15.7. The molecule has 1 saturated heterocycles. The Morgan fingerprint density at radius 2 is 1.79 bits per heavy atom. The number of rotatable bonds is 4. The molecule has 0 unspecified atom stereocenters. The predicted octanol–water partition coefficient (Wildman–Crippen LogP) is 2.93. The van der Waals surface area contributed by atoms with Crippen molar-refractivity contribution in [2.24, 2.45) is 0 Å². The first-order valence-electron chi connectivity index (χ1n) is 9.25. The zero-order valence-corrected chi connectivity index (χ0v) is 18.2. The van der Waals surface area contributed by atoms with E-state index in [1.165, 1.54) is 0 Å². The van der Waals surface area contributed by atoms with E-state index in [1.807, 2.05) is 20.8 Å². The number of halogens is 1. The quantitative estimate of drug-likeness (QED) is 0.544. The highest BCUT2D eigenvalue weighted by molar-refractivity contribution is 7.81. The molecular formula is C20H27FN2O5S. The predicted molar refractivity (Wildman–Crippen MR) is 108 cm³/mol. The molecule has 1 aromatic rings. The van der Waals surface area contributed by atoms with E-state index in [-0.39, 0.29) is 11.8 Å². The van der Waals surface area contributed by atoms with E-state index in [9.17, 15) is 17.1 Å². The molecule has 1 amide bonds. The van der Waals surface area contributed by atoms with Gasteiger partial charge in [-0.05, 0) is 51.8 Å². The van der Waals surface area contributed by atoms with Crippen LogP contribution in [0.1, 0.15) is 43.0 Å². The smallest absolute Gasteiger partial charge is 0.444 e. The van der Waals surface area contributed by atoms with Gasteiger partial charge >= 0.3 is 16.6 Å². The van der Waals surface area contributed by atoms with Gasteiger partial charge in [-0.1, -0.05) is 9.81 Å². The van der Waals surface area contributed by atoms with Crippen LogP contribution in [0.25, 0.3) is 0 Å². The van der Waals surface area contributed by atoms with Crippen LogP contribution in [0, 0.1) is 26.2 Å². The minimum atomic E-state index is -5.17. The summed E-state index contributed by atoms with van der Waals surface area (Å²) in [6.45, 7) is 11.4. The molecule has 9 heteroatoms. The second-order valence-corrected chi connectivity index (χ2v) is 8.98. The standard InChI is InChI=1S/C20H27FN2O5S/c1-7-16-12-17(15(3)18(14(16)2)28-29(21,25)26)13-22-8-10-23(11-9-22)19(24)27-20(4,5)6/h1,12H,8-11,13H2,2-6H3. The Bertz CT molecular complexity index is 924. The summed E-state index contributed by atoms with van der Waals surface area (Å²) in [4.78, 5) is 15.9. The lowest BCUT2D eigenvalue weighted by atomic mass is 9.98. The second kappa shape index (κ2) is 8.59. The van der Waals surface area contributed by atoms with Gasteiger partial charge in [0.15, 0.2) is 5.75 Å². The Kier molecular flexibility index (Phi) is 6.81. The van der Waals surface area contributed by atoms with E-state index < -0.39 is 16.1 Å². The lowest BCUT2D eigenvalue weighted by molar-refractivity contribution is 0.0139. The Balaban J connectivity index is 2.14. The van der Waals surface area contributed by atoms with Gasteiger partial charge in [-0.25, -0.2) is 4.79 Å². The van der Waals surface area contributed by atoms with Crippen molar-refractivity contribution in [3.8, 4) is 18.1 Å². The molecule has 29 heavy (non-hydrogen) atoms. The molecule has 1 fully saturated rings. The number of nitrogens with zero attached hydrogens (tertiary/aromatic N) is 2. The minimum absolute atomic E-state index is 0.0784. The van der Waals surface area contributed by atoms with Crippen LogP contribution < -0.4 is 4.18 Å². The van der Waals surface area contributed by atoms with Crippen molar-refractivity contribution in [2.75, 3.05) is 26.2 Å². The minimum Gasteiger partial charge on any atom is -0.444 e. The third-order valence-electron chi connectivity index (χ3n) is 4.64. The van der Waals surface area contributed by atoms with Gasteiger partial charge in [-0.2, -0.15) is 8.42 Å². The summed E-state index contributed by atoms with van der Waals surface area (Å²) < 4.78 is 45.1. The van der Waals surface area contributed by atoms with Gasteiger partial charge in [-0.15, -0.1) is 6.42 Å². The summed E-state index contributed by atoms with van der Waals surface area (Å²) in [7, 11) is -5.17.